The molecule has 0 aliphatic carbocycles. The Hall–Kier alpha value is -3.22. The lowest BCUT2D eigenvalue weighted by molar-refractivity contribution is -0.139. The number of amidine groups is 1. The second-order valence-electron chi connectivity index (χ2n) is 8.44. The lowest BCUT2D eigenvalue weighted by atomic mass is 9.85. The number of rotatable bonds is 7. The number of nitrogens with one attached hydrogen (secondary N) is 1. The van der Waals surface area contributed by atoms with Gasteiger partial charge in [-0.05, 0) is 36.1 Å². The molecular formula is C23H27N3O4. The molecule has 0 spiro atoms. The summed E-state index contributed by atoms with van der Waals surface area (Å²) in [5.74, 6) is -0.439. The van der Waals surface area contributed by atoms with E-state index >= 15 is 0 Å². The average Bonchev–Trinajstić information content (AvgIpc) is 3.00. The van der Waals surface area contributed by atoms with Crippen molar-refractivity contribution >= 4 is 17.6 Å². The number of hydrogen-bond donors (Lipinski definition) is 2. The van der Waals surface area contributed by atoms with Crippen LogP contribution < -0.4 is 4.74 Å². The van der Waals surface area contributed by atoms with Crippen LogP contribution in [0, 0.1) is 5.41 Å². The molecule has 7 heteroatoms. The number of aryl methyl sites for hydroxylation is 1. The van der Waals surface area contributed by atoms with Gasteiger partial charge in [-0.3, -0.25) is 10.2 Å². The Bertz CT molecular complexity index is 1010. The summed E-state index contributed by atoms with van der Waals surface area (Å²) in [4.78, 5) is 30.1. The predicted molar refractivity (Wildman–Crippen MR) is 113 cm³/mol. The first kappa shape index (κ1) is 21.5. The molecule has 0 saturated heterocycles. The largest absolute Gasteiger partial charge is 0.482 e. The number of nitrogens with zero attached hydrogens (tertiary/aromatic N) is 2. The number of carboxylic acid groups (broad SMARTS) is 1. The van der Waals surface area contributed by atoms with Crippen molar-refractivity contribution < 1.29 is 19.4 Å². The zero-order chi connectivity index (χ0) is 22.1. The van der Waals surface area contributed by atoms with Crippen LogP contribution in [0.1, 0.15) is 60.6 Å². The van der Waals surface area contributed by atoms with Gasteiger partial charge < -0.3 is 14.7 Å². The number of hydrogen-bond acceptors (Lipinski definition) is 5. The van der Waals surface area contributed by atoms with Crippen LogP contribution in [-0.4, -0.2) is 45.7 Å². The Kier molecular flexibility index (Phi) is 5.92. The van der Waals surface area contributed by atoms with E-state index in [1.165, 1.54) is 0 Å². The third-order valence-electron chi connectivity index (χ3n) is 5.10. The lowest BCUT2D eigenvalue weighted by Gasteiger charge is -2.24. The highest BCUT2D eigenvalue weighted by atomic mass is 16.5. The minimum Gasteiger partial charge on any atom is -0.482 e. The van der Waals surface area contributed by atoms with Gasteiger partial charge in [0.05, 0.1) is 6.54 Å². The minimum absolute atomic E-state index is 0.0789. The van der Waals surface area contributed by atoms with Crippen LogP contribution in [0.5, 0.6) is 5.75 Å². The van der Waals surface area contributed by atoms with Gasteiger partial charge in [-0.15, -0.1) is 0 Å². The highest BCUT2D eigenvalue weighted by Crippen LogP contribution is 2.32. The molecule has 0 unspecified atom stereocenters. The number of carbonyl (C=O) groups excluding carboxylic acids is 1. The van der Waals surface area contributed by atoms with Crippen molar-refractivity contribution in [3.8, 4) is 5.75 Å². The van der Waals surface area contributed by atoms with Crippen LogP contribution >= 0.6 is 0 Å². The van der Waals surface area contributed by atoms with Crippen molar-refractivity contribution in [3.63, 3.8) is 0 Å². The molecule has 0 atom stereocenters. The molecule has 2 aromatic rings. The summed E-state index contributed by atoms with van der Waals surface area (Å²) >= 11 is 0. The third kappa shape index (κ3) is 4.50. The van der Waals surface area contributed by atoms with Gasteiger partial charge in [-0.25, -0.2) is 9.78 Å². The van der Waals surface area contributed by atoms with Crippen LogP contribution in [-0.2, 0) is 23.2 Å². The number of aromatic nitrogens is 1. The van der Waals surface area contributed by atoms with Gasteiger partial charge in [-0.2, -0.15) is 0 Å². The fraction of sp³-hybridized carbons (Fsp3) is 0.391. The maximum absolute atomic E-state index is 13.0. The monoisotopic (exact) mass is 409 g/mol. The number of fused-ring (bicyclic) bond motifs is 1. The van der Waals surface area contributed by atoms with Gasteiger partial charge in [0, 0.05) is 28.9 Å². The Labute approximate surface area is 176 Å². The maximum Gasteiger partial charge on any atom is 0.341 e. The molecule has 1 aromatic carbocycles. The normalized spacial score (nSPS) is 13.3. The quantitative estimate of drug-likeness (QED) is 0.679. The highest BCUT2D eigenvalue weighted by molar-refractivity contribution is 6.04. The summed E-state index contributed by atoms with van der Waals surface area (Å²) in [6.07, 6.45) is 0.797. The van der Waals surface area contributed by atoms with Gasteiger partial charge in [0.2, 0.25) is 0 Å². The van der Waals surface area contributed by atoms with Crippen molar-refractivity contribution in [1.82, 2.24) is 9.88 Å². The van der Waals surface area contributed by atoms with Gasteiger partial charge in [-0.1, -0.05) is 33.8 Å². The molecule has 1 aromatic heterocycles. The van der Waals surface area contributed by atoms with Crippen LogP contribution in [0.2, 0.25) is 0 Å². The highest BCUT2D eigenvalue weighted by Gasteiger charge is 2.28. The molecular weight excluding hydrogens is 382 g/mol. The molecule has 3 rings (SSSR count). The Balaban J connectivity index is 1.80. The number of pyridine rings is 1. The molecule has 0 fully saturated rings. The van der Waals surface area contributed by atoms with Crippen LogP contribution in [0.25, 0.3) is 0 Å². The van der Waals surface area contributed by atoms with E-state index in [0.717, 1.165) is 23.2 Å². The molecule has 1 aliphatic rings. The second kappa shape index (κ2) is 8.26. The molecule has 1 aliphatic heterocycles. The molecule has 2 N–H and O–H groups in total. The van der Waals surface area contributed by atoms with E-state index in [1.807, 2.05) is 39.8 Å². The summed E-state index contributed by atoms with van der Waals surface area (Å²) in [7, 11) is 0. The standard InChI is InChI=1S/C23H27N3O4/c1-5-16-8-6-15-11-26(22(24)21(15)25-16)12-18(27)14-7-9-19(30-13-20(28)29)17(10-14)23(2,3)4/h6-10,24H,5,11-13H2,1-4H3,(H,28,29). The van der Waals surface area contributed by atoms with Gasteiger partial charge in [0.25, 0.3) is 0 Å². The minimum atomic E-state index is -1.05. The number of carbonyl (C=O) groups is 2. The molecule has 2 heterocycles. The number of benzene rings is 1. The first-order valence-corrected chi connectivity index (χ1v) is 9.95. The number of ether oxygens (including phenoxy) is 1. The predicted octanol–water partition coefficient (Wildman–Crippen LogP) is 3.43. The van der Waals surface area contributed by atoms with E-state index in [4.69, 9.17) is 15.3 Å². The summed E-state index contributed by atoms with van der Waals surface area (Å²) in [5, 5.41) is 17.3. The Morgan fingerprint density at radius 3 is 2.60 bits per heavy atom. The van der Waals surface area contributed by atoms with E-state index in [9.17, 15) is 9.59 Å². The second-order valence-corrected chi connectivity index (χ2v) is 8.44. The molecule has 7 nitrogen and oxygen atoms in total. The zero-order valence-corrected chi connectivity index (χ0v) is 17.8. The van der Waals surface area contributed by atoms with Crippen molar-refractivity contribution in [3.05, 3.63) is 58.4 Å². The van der Waals surface area contributed by atoms with Crippen molar-refractivity contribution in [2.45, 2.75) is 46.1 Å². The number of Topliss-reactive ketones (excluding diaryl/α,β-unsaturated/α-hetero) is 1. The molecule has 30 heavy (non-hydrogen) atoms. The molecule has 0 saturated carbocycles. The zero-order valence-electron chi connectivity index (χ0n) is 17.8. The van der Waals surface area contributed by atoms with Gasteiger partial charge in [0.15, 0.2) is 12.4 Å². The lowest BCUT2D eigenvalue weighted by Crippen LogP contribution is -2.30. The van der Waals surface area contributed by atoms with E-state index in [2.05, 4.69) is 4.98 Å². The van der Waals surface area contributed by atoms with Crippen molar-refractivity contribution in [2.24, 2.45) is 0 Å². The van der Waals surface area contributed by atoms with Crippen molar-refractivity contribution in [1.29, 1.82) is 5.41 Å². The Morgan fingerprint density at radius 1 is 1.23 bits per heavy atom. The van der Waals surface area contributed by atoms with Crippen LogP contribution in [0.15, 0.2) is 30.3 Å². The fourth-order valence-electron chi connectivity index (χ4n) is 3.45. The summed E-state index contributed by atoms with van der Waals surface area (Å²) < 4.78 is 5.41. The molecule has 0 amide bonds. The molecule has 0 radical (unpaired) electrons. The van der Waals surface area contributed by atoms with E-state index < -0.39 is 12.6 Å². The number of ketones is 1. The first-order valence-electron chi connectivity index (χ1n) is 9.95. The fourth-order valence-corrected chi connectivity index (χ4v) is 3.45. The van der Waals surface area contributed by atoms with Crippen molar-refractivity contribution in [2.75, 3.05) is 13.2 Å². The number of carboxylic acids is 1. The first-order chi connectivity index (χ1) is 14.1. The average molecular weight is 409 g/mol. The van der Waals surface area contributed by atoms with E-state index in [1.54, 1.807) is 23.1 Å². The van der Waals surface area contributed by atoms with Gasteiger partial charge >= 0.3 is 5.97 Å². The van der Waals surface area contributed by atoms with Gasteiger partial charge in [0.1, 0.15) is 17.3 Å². The molecule has 158 valence electrons. The molecule has 0 bridgehead atoms. The smallest absolute Gasteiger partial charge is 0.341 e. The topological polar surface area (TPSA) is 104 Å². The summed E-state index contributed by atoms with van der Waals surface area (Å²) in [6, 6.07) is 9.00. The summed E-state index contributed by atoms with van der Waals surface area (Å²) in [5.41, 5.74) is 3.48. The third-order valence-corrected chi connectivity index (χ3v) is 5.10. The van der Waals surface area contributed by atoms with E-state index in [0.29, 0.717) is 23.6 Å². The van der Waals surface area contributed by atoms with E-state index in [-0.39, 0.29) is 23.6 Å². The number of aliphatic carboxylic acids is 1. The SMILES string of the molecule is CCc1ccc2c(n1)C(=N)N(CC(=O)c1ccc(OCC(=O)O)c(C(C)(C)C)c1)C2. The van der Waals surface area contributed by atoms with Crippen LogP contribution in [0.3, 0.4) is 0 Å². The Morgan fingerprint density at radius 2 is 1.97 bits per heavy atom. The summed E-state index contributed by atoms with van der Waals surface area (Å²) in [6.45, 7) is 8.09. The maximum atomic E-state index is 13.0. The van der Waals surface area contributed by atoms with Crippen LogP contribution in [0.4, 0.5) is 0 Å².